The highest BCUT2D eigenvalue weighted by Gasteiger charge is 2.48. The third-order valence-electron chi connectivity index (χ3n) is 6.15. The van der Waals surface area contributed by atoms with Gasteiger partial charge in [0.2, 0.25) is 5.91 Å². The van der Waals surface area contributed by atoms with Gasteiger partial charge in [0.15, 0.2) is 0 Å². The zero-order valence-corrected chi connectivity index (χ0v) is 17.0. The molecule has 2 fully saturated rings. The van der Waals surface area contributed by atoms with Gasteiger partial charge in [-0.15, -0.1) is 0 Å². The number of carbonyl (C=O) groups is 3. The summed E-state index contributed by atoms with van der Waals surface area (Å²) in [6, 6.07) is 9.67. The first kappa shape index (κ1) is 19.7. The van der Waals surface area contributed by atoms with E-state index < -0.39 is 11.6 Å². The molecular formula is C23H29N3O3. The van der Waals surface area contributed by atoms with Gasteiger partial charge in [-0.05, 0) is 63.9 Å². The second-order valence-corrected chi connectivity index (χ2v) is 8.58. The Bertz CT molecular complexity index is 831. The van der Waals surface area contributed by atoms with Crippen molar-refractivity contribution in [3.8, 4) is 0 Å². The van der Waals surface area contributed by atoms with Gasteiger partial charge in [0.1, 0.15) is 12.1 Å². The van der Waals surface area contributed by atoms with Crippen molar-refractivity contribution in [2.45, 2.75) is 69.9 Å². The fourth-order valence-electron chi connectivity index (χ4n) is 4.28. The Labute approximate surface area is 171 Å². The number of hydrogen-bond acceptors (Lipinski definition) is 3. The Kier molecular flexibility index (Phi) is 5.43. The van der Waals surface area contributed by atoms with Crippen molar-refractivity contribution in [1.82, 2.24) is 15.1 Å². The van der Waals surface area contributed by atoms with Crippen LogP contribution in [0.5, 0.6) is 0 Å². The van der Waals surface area contributed by atoms with Crippen LogP contribution in [0, 0.1) is 0 Å². The van der Waals surface area contributed by atoms with Crippen LogP contribution in [0.2, 0.25) is 0 Å². The zero-order chi connectivity index (χ0) is 20.4. The molecule has 1 N–H and O–H groups in total. The predicted octanol–water partition coefficient (Wildman–Crippen LogP) is 3.38. The Morgan fingerprint density at radius 3 is 2.62 bits per heavy atom. The maximum atomic E-state index is 13.1. The van der Waals surface area contributed by atoms with Crippen molar-refractivity contribution in [3.63, 3.8) is 0 Å². The van der Waals surface area contributed by atoms with Crippen molar-refractivity contribution in [1.29, 1.82) is 0 Å². The van der Waals surface area contributed by atoms with Gasteiger partial charge in [0.05, 0.1) is 0 Å². The number of hydrogen-bond donors (Lipinski definition) is 1. The van der Waals surface area contributed by atoms with Gasteiger partial charge in [0.25, 0.3) is 5.91 Å². The van der Waals surface area contributed by atoms with Gasteiger partial charge in [-0.25, -0.2) is 4.79 Å². The Balaban J connectivity index is 1.43. The smallest absolute Gasteiger partial charge is 0.323 e. The lowest BCUT2D eigenvalue weighted by atomic mass is 9.93. The van der Waals surface area contributed by atoms with E-state index in [4.69, 9.17) is 0 Å². The monoisotopic (exact) mass is 395 g/mol. The number of nitrogens with zero attached hydrogens (tertiary/aromatic N) is 2. The first-order chi connectivity index (χ1) is 14.0. The second kappa shape index (κ2) is 8.01. The summed E-state index contributed by atoms with van der Waals surface area (Å²) < 4.78 is 0. The summed E-state index contributed by atoms with van der Waals surface area (Å²) in [4.78, 5) is 41.6. The molecule has 1 aromatic rings. The molecule has 154 valence electrons. The minimum absolute atomic E-state index is 0.142. The van der Waals surface area contributed by atoms with E-state index in [1.54, 1.807) is 6.92 Å². The fourth-order valence-corrected chi connectivity index (χ4v) is 4.28. The SMILES string of the molecule is C[C@@]1(CCc2ccccc2)NC(=O)N(CC(=O)N(C2=CCCCC2)C2CC2)C1=O. The van der Waals surface area contributed by atoms with Gasteiger partial charge in [0, 0.05) is 11.7 Å². The number of urea groups is 1. The number of carbonyl (C=O) groups excluding carboxylic acids is 3. The van der Waals surface area contributed by atoms with E-state index >= 15 is 0 Å². The maximum absolute atomic E-state index is 13.1. The molecule has 0 bridgehead atoms. The predicted molar refractivity (Wildman–Crippen MR) is 110 cm³/mol. The molecule has 0 aromatic heterocycles. The van der Waals surface area contributed by atoms with Crippen LogP contribution in [0.15, 0.2) is 42.1 Å². The fraction of sp³-hybridized carbons (Fsp3) is 0.522. The molecule has 1 heterocycles. The first-order valence-corrected chi connectivity index (χ1v) is 10.7. The quantitative estimate of drug-likeness (QED) is 0.720. The summed E-state index contributed by atoms with van der Waals surface area (Å²) in [7, 11) is 0. The van der Waals surface area contributed by atoms with Gasteiger partial charge in [-0.3, -0.25) is 14.5 Å². The molecule has 0 spiro atoms. The summed E-state index contributed by atoms with van der Waals surface area (Å²) in [5.74, 6) is -0.448. The zero-order valence-electron chi connectivity index (χ0n) is 17.0. The summed E-state index contributed by atoms with van der Waals surface area (Å²) in [6.07, 6.45) is 9.47. The van der Waals surface area contributed by atoms with Gasteiger partial charge in [-0.2, -0.15) is 0 Å². The highest BCUT2D eigenvalue weighted by Crippen LogP contribution is 2.34. The van der Waals surface area contributed by atoms with E-state index in [-0.39, 0.29) is 24.4 Å². The molecule has 0 radical (unpaired) electrons. The molecule has 1 saturated heterocycles. The summed E-state index contributed by atoms with van der Waals surface area (Å²) in [6.45, 7) is 1.57. The van der Waals surface area contributed by atoms with Crippen LogP contribution < -0.4 is 5.32 Å². The Morgan fingerprint density at radius 2 is 1.97 bits per heavy atom. The molecule has 4 amide bonds. The van der Waals surface area contributed by atoms with E-state index in [2.05, 4.69) is 11.4 Å². The van der Waals surface area contributed by atoms with Crippen molar-refractivity contribution in [2.75, 3.05) is 6.54 Å². The van der Waals surface area contributed by atoms with Crippen molar-refractivity contribution >= 4 is 17.8 Å². The van der Waals surface area contributed by atoms with Crippen LogP contribution in [0.3, 0.4) is 0 Å². The molecule has 1 aliphatic heterocycles. The molecule has 29 heavy (non-hydrogen) atoms. The average Bonchev–Trinajstić information content (AvgIpc) is 3.53. The number of nitrogens with one attached hydrogen (secondary N) is 1. The summed E-state index contributed by atoms with van der Waals surface area (Å²) >= 11 is 0. The molecule has 6 heteroatoms. The molecule has 4 rings (SSSR count). The molecular weight excluding hydrogens is 366 g/mol. The van der Waals surface area contributed by atoms with E-state index in [0.717, 1.165) is 54.7 Å². The number of aryl methyl sites for hydroxylation is 1. The van der Waals surface area contributed by atoms with Crippen molar-refractivity contribution < 1.29 is 14.4 Å². The maximum Gasteiger partial charge on any atom is 0.325 e. The van der Waals surface area contributed by atoms with Gasteiger partial charge < -0.3 is 10.2 Å². The van der Waals surface area contributed by atoms with Crippen molar-refractivity contribution in [3.05, 3.63) is 47.7 Å². The normalized spacial score (nSPS) is 24.3. The van der Waals surface area contributed by atoms with Gasteiger partial charge >= 0.3 is 6.03 Å². The van der Waals surface area contributed by atoms with Crippen LogP contribution in [-0.4, -0.2) is 45.8 Å². The molecule has 3 aliphatic rings. The van der Waals surface area contributed by atoms with Gasteiger partial charge in [-0.1, -0.05) is 36.4 Å². The van der Waals surface area contributed by atoms with E-state index in [0.29, 0.717) is 12.8 Å². The molecule has 0 unspecified atom stereocenters. The highest BCUT2D eigenvalue weighted by atomic mass is 16.2. The Morgan fingerprint density at radius 1 is 1.21 bits per heavy atom. The minimum atomic E-state index is -0.971. The number of rotatable bonds is 7. The standard InChI is InChI=1S/C23H29N3O3/c1-23(15-14-17-8-4-2-5-9-17)21(28)25(22(29)24-23)16-20(27)26(19-12-13-19)18-10-6-3-7-11-18/h2,4-5,8-10,19H,3,6-7,11-16H2,1H3,(H,24,29)/t23-/m0/s1. The van der Waals surface area contributed by atoms with Crippen LogP contribution >= 0.6 is 0 Å². The summed E-state index contributed by atoms with van der Waals surface area (Å²) in [5, 5.41) is 2.82. The number of benzene rings is 1. The third kappa shape index (κ3) is 4.21. The Hall–Kier alpha value is -2.63. The molecule has 2 aliphatic carbocycles. The minimum Gasteiger partial charge on any atom is -0.323 e. The topological polar surface area (TPSA) is 69.7 Å². The third-order valence-corrected chi connectivity index (χ3v) is 6.15. The molecule has 1 atom stereocenters. The lowest BCUT2D eigenvalue weighted by molar-refractivity contribution is -0.138. The number of amides is 4. The number of imide groups is 1. The van der Waals surface area contributed by atoms with E-state index in [1.807, 2.05) is 35.2 Å². The van der Waals surface area contributed by atoms with E-state index in [1.165, 1.54) is 0 Å². The van der Waals surface area contributed by atoms with Crippen LogP contribution in [-0.2, 0) is 16.0 Å². The lowest BCUT2D eigenvalue weighted by Gasteiger charge is -2.29. The van der Waals surface area contributed by atoms with Crippen LogP contribution in [0.4, 0.5) is 4.79 Å². The highest BCUT2D eigenvalue weighted by molar-refractivity contribution is 6.08. The van der Waals surface area contributed by atoms with Crippen LogP contribution in [0.25, 0.3) is 0 Å². The largest absolute Gasteiger partial charge is 0.325 e. The van der Waals surface area contributed by atoms with Crippen molar-refractivity contribution in [2.24, 2.45) is 0 Å². The first-order valence-electron chi connectivity index (χ1n) is 10.7. The second-order valence-electron chi connectivity index (χ2n) is 8.58. The molecule has 1 saturated carbocycles. The molecule has 1 aromatic carbocycles. The molecule has 6 nitrogen and oxygen atoms in total. The average molecular weight is 396 g/mol. The lowest BCUT2D eigenvalue weighted by Crippen LogP contribution is -2.46. The number of allylic oxidation sites excluding steroid dienone is 2. The van der Waals surface area contributed by atoms with E-state index in [9.17, 15) is 14.4 Å². The van der Waals surface area contributed by atoms with Crippen LogP contribution in [0.1, 0.15) is 57.4 Å². The summed E-state index contributed by atoms with van der Waals surface area (Å²) in [5.41, 5.74) is 1.22.